The Morgan fingerprint density at radius 1 is 1.24 bits per heavy atom. The van der Waals surface area contributed by atoms with Crippen LogP contribution in [0.3, 0.4) is 0 Å². The summed E-state index contributed by atoms with van der Waals surface area (Å²) in [5.41, 5.74) is 0. The highest BCUT2D eigenvalue weighted by Gasteiger charge is 2.19. The molecule has 1 fully saturated rings. The molecule has 5 nitrogen and oxygen atoms in total. The largest absolute Gasteiger partial charge is 0.356 e. The molecule has 0 radical (unpaired) electrons. The fourth-order valence-corrected chi connectivity index (χ4v) is 1.85. The van der Waals surface area contributed by atoms with Crippen LogP contribution in [0.2, 0.25) is 0 Å². The number of nitrogens with one attached hydrogen (secondary N) is 3. The Morgan fingerprint density at radius 3 is 2.71 bits per heavy atom. The number of hydrogen-bond acceptors (Lipinski definition) is 3. The minimum Gasteiger partial charge on any atom is -0.356 e. The fraction of sp³-hybridized carbons (Fsp3) is 0.833. The van der Waals surface area contributed by atoms with Crippen molar-refractivity contribution in [3.63, 3.8) is 0 Å². The molecule has 0 bridgehead atoms. The van der Waals surface area contributed by atoms with Gasteiger partial charge in [0, 0.05) is 19.5 Å². The third-order valence-electron chi connectivity index (χ3n) is 2.85. The summed E-state index contributed by atoms with van der Waals surface area (Å²) in [4.78, 5) is 23.0. The van der Waals surface area contributed by atoms with Gasteiger partial charge in [-0.2, -0.15) is 0 Å². The standard InChI is InChI=1S/C12H23N3O2/c1-2-7-14-11(16)6-9-15-12(17)10-5-3-4-8-13-10/h10,13H,2-9H2,1H3,(H,14,16)(H,15,17). The van der Waals surface area contributed by atoms with Gasteiger partial charge in [0.1, 0.15) is 0 Å². The van der Waals surface area contributed by atoms with Gasteiger partial charge in [0.15, 0.2) is 0 Å². The normalized spacial score (nSPS) is 19.7. The average Bonchev–Trinajstić information content (AvgIpc) is 2.37. The first kappa shape index (κ1) is 14.0. The van der Waals surface area contributed by atoms with Gasteiger partial charge in [0.25, 0.3) is 0 Å². The maximum atomic E-state index is 11.7. The molecule has 1 unspecified atom stereocenters. The highest BCUT2D eigenvalue weighted by molar-refractivity contribution is 5.82. The van der Waals surface area contributed by atoms with Crippen LogP contribution in [0.4, 0.5) is 0 Å². The van der Waals surface area contributed by atoms with E-state index in [-0.39, 0.29) is 17.9 Å². The summed E-state index contributed by atoms with van der Waals surface area (Å²) in [6, 6.07) is -0.0672. The number of amides is 2. The molecule has 1 heterocycles. The van der Waals surface area contributed by atoms with Crippen LogP contribution < -0.4 is 16.0 Å². The van der Waals surface area contributed by atoms with E-state index in [1.54, 1.807) is 0 Å². The molecule has 1 aliphatic heterocycles. The molecule has 0 aromatic heterocycles. The van der Waals surface area contributed by atoms with Gasteiger partial charge in [-0.15, -0.1) is 0 Å². The second-order valence-corrected chi connectivity index (χ2v) is 4.39. The fourth-order valence-electron chi connectivity index (χ4n) is 1.85. The molecule has 0 aliphatic carbocycles. The summed E-state index contributed by atoms with van der Waals surface area (Å²) in [6.07, 6.45) is 4.43. The Balaban J connectivity index is 2.08. The molecule has 5 heteroatoms. The molecule has 1 rings (SSSR count). The van der Waals surface area contributed by atoms with Crippen LogP contribution in [0.25, 0.3) is 0 Å². The Morgan fingerprint density at radius 2 is 2.06 bits per heavy atom. The summed E-state index contributed by atoms with van der Waals surface area (Å²) >= 11 is 0. The lowest BCUT2D eigenvalue weighted by Crippen LogP contribution is -2.47. The smallest absolute Gasteiger partial charge is 0.237 e. The van der Waals surface area contributed by atoms with Gasteiger partial charge in [0.05, 0.1) is 6.04 Å². The average molecular weight is 241 g/mol. The van der Waals surface area contributed by atoms with Crippen molar-refractivity contribution < 1.29 is 9.59 Å². The van der Waals surface area contributed by atoms with E-state index >= 15 is 0 Å². The van der Waals surface area contributed by atoms with E-state index in [9.17, 15) is 9.59 Å². The molecule has 17 heavy (non-hydrogen) atoms. The van der Waals surface area contributed by atoms with Crippen molar-refractivity contribution in [2.75, 3.05) is 19.6 Å². The summed E-state index contributed by atoms with van der Waals surface area (Å²) in [5.74, 6) is 0.0248. The summed E-state index contributed by atoms with van der Waals surface area (Å²) in [5, 5.41) is 8.76. The second-order valence-electron chi connectivity index (χ2n) is 4.39. The van der Waals surface area contributed by atoms with E-state index in [2.05, 4.69) is 16.0 Å². The van der Waals surface area contributed by atoms with Gasteiger partial charge in [-0.25, -0.2) is 0 Å². The zero-order valence-electron chi connectivity index (χ0n) is 10.6. The number of carbonyl (C=O) groups excluding carboxylic acids is 2. The topological polar surface area (TPSA) is 70.2 Å². The minimum absolute atomic E-state index is 0.00348. The van der Waals surface area contributed by atoms with E-state index in [0.717, 1.165) is 32.2 Å². The Hall–Kier alpha value is -1.10. The molecule has 1 saturated heterocycles. The van der Waals surface area contributed by atoms with Crippen molar-refractivity contribution >= 4 is 11.8 Å². The maximum Gasteiger partial charge on any atom is 0.237 e. The number of carbonyl (C=O) groups is 2. The van der Waals surface area contributed by atoms with Gasteiger partial charge in [-0.1, -0.05) is 13.3 Å². The predicted molar refractivity (Wildman–Crippen MR) is 66.6 cm³/mol. The van der Waals surface area contributed by atoms with Crippen molar-refractivity contribution in [2.24, 2.45) is 0 Å². The van der Waals surface area contributed by atoms with Crippen LogP contribution >= 0.6 is 0 Å². The third kappa shape index (κ3) is 5.68. The molecular formula is C12H23N3O2. The zero-order valence-corrected chi connectivity index (χ0v) is 10.6. The van der Waals surface area contributed by atoms with Crippen LogP contribution in [-0.2, 0) is 9.59 Å². The quantitative estimate of drug-likeness (QED) is 0.620. The number of piperidine rings is 1. The van der Waals surface area contributed by atoms with Crippen LogP contribution in [0.5, 0.6) is 0 Å². The number of hydrogen-bond donors (Lipinski definition) is 3. The van der Waals surface area contributed by atoms with E-state index in [1.807, 2.05) is 6.92 Å². The Kier molecular flexibility index (Phi) is 6.62. The highest BCUT2D eigenvalue weighted by atomic mass is 16.2. The number of rotatable bonds is 6. The van der Waals surface area contributed by atoms with Crippen molar-refractivity contribution in [3.05, 3.63) is 0 Å². The second kappa shape index (κ2) is 8.06. The van der Waals surface area contributed by atoms with Crippen molar-refractivity contribution in [1.29, 1.82) is 0 Å². The summed E-state index contributed by atoms with van der Waals surface area (Å²) in [7, 11) is 0. The summed E-state index contributed by atoms with van der Waals surface area (Å²) < 4.78 is 0. The summed E-state index contributed by atoms with van der Waals surface area (Å²) in [6.45, 7) is 4.05. The molecular weight excluding hydrogens is 218 g/mol. The molecule has 0 aromatic rings. The zero-order chi connectivity index (χ0) is 12.5. The lowest BCUT2D eigenvalue weighted by molar-refractivity contribution is -0.124. The van der Waals surface area contributed by atoms with Crippen molar-refractivity contribution in [1.82, 2.24) is 16.0 Å². The highest BCUT2D eigenvalue weighted by Crippen LogP contribution is 2.06. The van der Waals surface area contributed by atoms with E-state index in [4.69, 9.17) is 0 Å². The molecule has 98 valence electrons. The van der Waals surface area contributed by atoms with E-state index in [1.165, 1.54) is 0 Å². The molecule has 0 spiro atoms. The Bertz CT molecular complexity index is 250. The minimum atomic E-state index is -0.0672. The molecule has 2 amide bonds. The monoisotopic (exact) mass is 241 g/mol. The van der Waals surface area contributed by atoms with Crippen molar-refractivity contribution in [2.45, 2.75) is 45.1 Å². The first-order valence-electron chi connectivity index (χ1n) is 6.52. The molecule has 3 N–H and O–H groups in total. The molecule has 1 atom stereocenters. The lowest BCUT2D eigenvalue weighted by Gasteiger charge is -2.22. The first-order valence-corrected chi connectivity index (χ1v) is 6.52. The van der Waals surface area contributed by atoms with Crippen LogP contribution in [-0.4, -0.2) is 37.5 Å². The van der Waals surface area contributed by atoms with Gasteiger partial charge in [-0.05, 0) is 25.8 Å². The van der Waals surface area contributed by atoms with Crippen LogP contribution in [0.15, 0.2) is 0 Å². The van der Waals surface area contributed by atoms with Crippen molar-refractivity contribution in [3.8, 4) is 0 Å². The van der Waals surface area contributed by atoms with Crippen LogP contribution in [0, 0.1) is 0 Å². The molecule has 1 aliphatic rings. The SMILES string of the molecule is CCCNC(=O)CCNC(=O)C1CCCCN1. The third-order valence-corrected chi connectivity index (χ3v) is 2.85. The van der Waals surface area contributed by atoms with Gasteiger partial charge >= 0.3 is 0 Å². The van der Waals surface area contributed by atoms with Gasteiger partial charge in [0.2, 0.25) is 11.8 Å². The molecule has 0 aromatic carbocycles. The van der Waals surface area contributed by atoms with E-state index in [0.29, 0.717) is 19.5 Å². The predicted octanol–water partition coefficient (Wildman–Crippen LogP) is 0.161. The Labute approximate surface area is 103 Å². The maximum absolute atomic E-state index is 11.7. The van der Waals surface area contributed by atoms with E-state index < -0.39 is 0 Å². The first-order chi connectivity index (χ1) is 8.24. The lowest BCUT2D eigenvalue weighted by atomic mass is 10.0. The van der Waals surface area contributed by atoms with Gasteiger partial charge in [-0.3, -0.25) is 9.59 Å². The molecule has 0 saturated carbocycles. The van der Waals surface area contributed by atoms with Crippen LogP contribution in [0.1, 0.15) is 39.0 Å². The van der Waals surface area contributed by atoms with Gasteiger partial charge < -0.3 is 16.0 Å².